The summed E-state index contributed by atoms with van der Waals surface area (Å²) in [5.41, 5.74) is 4.02. The molecule has 19 heavy (non-hydrogen) atoms. The molecule has 0 amide bonds. The van der Waals surface area contributed by atoms with Crippen LogP contribution >= 0.6 is 0 Å². The Hall–Kier alpha value is -2.75. The molecule has 1 aromatic heterocycles. The van der Waals surface area contributed by atoms with Gasteiger partial charge in [-0.3, -0.25) is 0 Å². The Labute approximate surface area is 109 Å². The average Bonchev–Trinajstić information content (AvgIpc) is 2.42. The number of rotatable bonds is 2. The monoisotopic (exact) mass is 250 g/mol. The predicted octanol–water partition coefficient (Wildman–Crippen LogP) is 2.88. The molecule has 0 spiro atoms. The lowest BCUT2D eigenvalue weighted by Gasteiger charge is -2.01. The van der Waals surface area contributed by atoms with Crippen molar-refractivity contribution in [3.8, 4) is 0 Å². The van der Waals surface area contributed by atoms with Gasteiger partial charge < -0.3 is 5.11 Å². The van der Waals surface area contributed by atoms with Gasteiger partial charge in [-0.15, -0.1) is 0 Å². The van der Waals surface area contributed by atoms with Gasteiger partial charge in [0.25, 0.3) is 0 Å². The number of carboxylic acids is 1. The molecule has 3 aromatic rings. The fourth-order valence-corrected chi connectivity index (χ4v) is 1.91. The first-order valence-electron chi connectivity index (χ1n) is 5.80. The van der Waals surface area contributed by atoms with Crippen molar-refractivity contribution in [2.24, 2.45) is 0 Å². The van der Waals surface area contributed by atoms with Crippen molar-refractivity contribution >= 4 is 34.1 Å². The minimum absolute atomic E-state index is 0.756. The normalized spacial score (nSPS) is 11.4. The third-order valence-electron chi connectivity index (χ3n) is 2.78. The first-order chi connectivity index (χ1) is 9.22. The zero-order valence-electron chi connectivity index (χ0n) is 9.95. The number of hydrogen-bond donors (Lipinski definition) is 1. The molecule has 0 saturated carbocycles. The van der Waals surface area contributed by atoms with Gasteiger partial charge in [0.15, 0.2) is 0 Å². The Kier molecular flexibility index (Phi) is 2.68. The molecule has 1 heterocycles. The first kappa shape index (κ1) is 11.3. The highest BCUT2D eigenvalue weighted by Crippen LogP contribution is 2.17. The molecule has 0 unspecified atom stereocenters. The lowest BCUT2D eigenvalue weighted by molar-refractivity contribution is -0.131. The van der Waals surface area contributed by atoms with Crippen molar-refractivity contribution in [3.05, 3.63) is 54.1 Å². The largest absolute Gasteiger partial charge is 0.478 e. The summed E-state index contributed by atoms with van der Waals surface area (Å²) in [4.78, 5) is 19.5. The summed E-state index contributed by atoms with van der Waals surface area (Å²) in [6, 6.07) is 13.2. The quantitative estimate of drug-likeness (QED) is 0.561. The molecule has 4 heteroatoms. The summed E-state index contributed by atoms with van der Waals surface area (Å²) >= 11 is 0. The third kappa shape index (κ3) is 2.28. The predicted molar refractivity (Wildman–Crippen MR) is 73.7 cm³/mol. The number of para-hydroxylation sites is 2. The smallest absolute Gasteiger partial charge is 0.328 e. The summed E-state index contributed by atoms with van der Waals surface area (Å²) in [5.74, 6) is -0.968. The molecule has 92 valence electrons. The standard InChI is InChI=1S/C15H10N2O2/c18-15(19)8-6-10-5-7-13-14(9-10)17-12-4-2-1-3-11(12)16-13/h1-9H,(H,18,19)/b8-6+. The molecule has 3 rings (SSSR count). The van der Waals surface area contributed by atoms with Crippen molar-refractivity contribution in [2.45, 2.75) is 0 Å². The summed E-state index contributed by atoms with van der Waals surface area (Å²) in [6.07, 6.45) is 2.65. The Morgan fingerprint density at radius 2 is 1.58 bits per heavy atom. The zero-order chi connectivity index (χ0) is 13.2. The minimum atomic E-state index is -0.968. The van der Waals surface area contributed by atoms with Crippen LogP contribution in [-0.2, 0) is 4.79 Å². The van der Waals surface area contributed by atoms with Crippen LogP contribution in [0.2, 0.25) is 0 Å². The Bertz CT molecular complexity index is 809. The van der Waals surface area contributed by atoms with E-state index in [0.717, 1.165) is 33.7 Å². The van der Waals surface area contributed by atoms with E-state index in [4.69, 9.17) is 5.11 Å². The topological polar surface area (TPSA) is 63.1 Å². The number of aliphatic carboxylic acids is 1. The molecular formula is C15H10N2O2. The van der Waals surface area contributed by atoms with E-state index in [1.54, 1.807) is 6.08 Å². The molecule has 2 aromatic carbocycles. The van der Waals surface area contributed by atoms with Crippen LogP contribution in [0.3, 0.4) is 0 Å². The highest BCUT2D eigenvalue weighted by atomic mass is 16.4. The molecule has 0 aliphatic carbocycles. The number of aromatic nitrogens is 2. The van der Waals surface area contributed by atoms with Crippen molar-refractivity contribution < 1.29 is 9.90 Å². The molecule has 0 bridgehead atoms. The van der Waals surface area contributed by atoms with Crippen molar-refractivity contribution in [1.29, 1.82) is 0 Å². The van der Waals surface area contributed by atoms with Crippen LogP contribution in [0.5, 0.6) is 0 Å². The van der Waals surface area contributed by atoms with E-state index in [2.05, 4.69) is 9.97 Å². The second kappa shape index (κ2) is 4.49. The maximum absolute atomic E-state index is 10.5. The van der Waals surface area contributed by atoms with Gasteiger partial charge in [-0.05, 0) is 35.9 Å². The van der Waals surface area contributed by atoms with E-state index in [9.17, 15) is 4.79 Å². The van der Waals surface area contributed by atoms with Gasteiger partial charge in [-0.1, -0.05) is 18.2 Å². The Balaban J connectivity index is 2.16. The van der Waals surface area contributed by atoms with Gasteiger partial charge in [0.2, 0.25) is 0 Å². The minimum Gasteiger partial charge on any atom is -0.478 e. The van der Waals surface area contributed by atoms with E-state index in [1.165, 1.54) is 0 Å². The Morgan fingerprint density at radius 1 is 0.947 bits per heavy atom. The zero-order valence-corrected chi connectivity index (χ0v) is 9.95. The van der Waals surface area contributed by atoms with Crippen molar-refractivity contribution in [2.75, 3.05) is 0 Å². The summed E-state index contributed by atoms with van der Waals surface area (Å²) in [5, 5.41) is 8.61. The maximum atomic E-state index is 10.5. The number of nitrogens with zero attached hydrogens (tertiary/aromatic N) is 2. The molecule has 0 fully saturated rings. The van der Waals surface area contributed by atoms with Crippen LogP contribution in [0.4, 0.5) is 0 Å². The van der Waals surface area contributed by atoms with E-state index in [0.29, 0.717) is 0 Å². The van der Waals surface area contributed by atoms with Crippen molar-refractivity contribution in [3.63, 3.8) is 0 Å². The van der Waals surface area contributed by atoms with Gasteiger partial charge in [-0.2, -0.15) is 0 Å². The molecule has 0 aliphatic heterocycles. The molecule has 0 aliphatic rings. The van der Waals surface area contributed by atoms with Crippen LogP contribution < -0.4 is 0 Å². The van der Waals surface area contributed by atoms with E-state index in [1.807, 2.05) is 42.5 Å². The van der Waals surface area contributed by atoms with Gasteiger partial charge in [-0.25, -0.2) is 14.8 Å². The molecule has 0 atom stereocenters. The summed E-state index contributed by atoms with van der Waals surface area (Å²) in [7, 11) is 0. The average molecular weight is 250 g/mol. The van der Waals surface area contributed by atoms with E-state index < -0.39 is 5.97 Å². The molecule has 1 N–H and O–H groups in total. The fraction of sp³-hybridized carbons (Fsp3) is 0. The molecule has 0 saturated heterocycles. The number of carboxylic acid groups (broad SMARTS) is 1. The lowest BCUT2D eigenvalue weighted by Crippen LogP contribution is -1.88. The second-order valence-corrected chi connectivity index (χ2v) is 4.13. The molecular weight excluding hydrogens is 240 g/mol. The highest BCUT2D eigenvalue weighted by Gasteiger charge is 2.01. The maximum Gasteiger partial charge on any atom is 0.328 e. The van der Waals surface area contributed by atoms with Gasteiger partial charge >= 0.3 is 5.97 Å². The van der Waals surface area contributed by atoms with E-state index in [-0.39, 0.29) is 0 Å². The van der Waals surface area contributed by atoms with Gasteiger partial charge in [0.05, 0.1) is 22.1 Å². The SMILES string of the molecule is O=C(O)/C=C/c1ccc2nc3ccccc3nc2c1. The van der Waals surface area contributed by atoms with E-state index >= 15 is 0 Å². The second-order valence-electron chi connectivity index (χ2n) is 4.13. The number of benzene rings is 2. The van der Waals surface area contributed by atoms with Crippen LogP contribution in [0.25, 0.3) is 28.1 Å². The van der Waals surface area contributed by atoms with Crippen LogP contribution in [0, 0.1) is 0 Å². The lowest BCUT2D eigenvalue weighted by atomic mass is 10.1. The number of hydrogen-bond acceptors (Lipinski definition) is 3. The Morgan fingerprint density at radius 3 is 2.26 bits per heavy atom. The molecule has 0 radical (unpaired) electrons. The van der Waals surface area contributed by atoms with Crippen LogP contribution in [0.1, 0.15) is 5.56 Å². The number of fused-ring (bicyclic) bond motifs is 2. The summed E-state index contributed by atoms with van der Waals surface area (Å²) < 4.78 is 0. The van der Waals surface area contributed by atoms with Crippen LogP contribution in [0.15, 0.2) is 48.5 Å². The fourth-order valence-electron chi connectivity index (χ4n) is 1.91. The van der Waals surface area contributed by atoms with Gasteiger partial charge in [0.1, 0.15) is 0 Å². The summed E-state index contributed by atoms with van der Waals surface area (Å²) in [6.45, 7) is 0. The number of carbonyl (C=O) groups is 1. The van der Waals surface area contributed by atoms with Crippen LogP contribution in [-0.4, -0.2) is 21.0 Å². The highest BCUT2D eigenvalue weighted by molar-refractivity contribution is 5.89. The van der Waals surface area contributed by atoms with Crippen molar-refractivity contribution in [1.82, 2.24) is 9.97 Å². The third-order valence-corrected chi connectivity index (χ3v) is 2.78. The van der Waals surface area contributed by atoms with Gasteiger partial charge in [0, 0.05) is 6.08 Å². The first-order valence-corrected chi connectivity index (χ1v) is 5.80. The molecule has 4 nitrogen and oxygen atoms in total.